The lowest BCUT2D eigenvalue weighted by atomic mass is 10.1. The molecule has 1 aliphatic heterocycles. The molecular formula is C23H29BrN2O3. The molecular weight excluding hydrogens is 432 g/mol. The quantitative estimate of drug-likeness (QED) is 0.532. The number of nitrogens with zero attached hydrogens (tertiary/aromatic N) is 1. The molecule has 0 atom stereocenters. The first-order valence-electron chi connectivity index (χ1n) is 10.1. The van der Waals surface area contributed by atoms with Gasteiger partial charge in [-0.3, -0.25) is 4.79 Å². The average molecular weight is 461 g/mol. The number of aryl methyl sites for hydroxylation is 1. The van der Waals surface area contributed by atoms with Crippen molar-refractivity contribution in [3.8, 4) is 11.5 Å². The van der Waals surface area contributed by atoms with E-state index < -0.39 is 0 Å². The molecule has 1 aliphatic rings. The molecule has 1 fully saturated rings. The van der Waals surface area contributed by atoms with Crippen molar-refractivity contribution >= 4 is 21.8 Å². The lowest BCUT2D eigenvalue weighted by Crippen LogP contribution is -2.28. The number of halogens is 1. The van der Waals surface area contributed by atoms with E-state index in [4.69, 9.17) is 9.47 Å². The van der Waals surface area contributed by atoms with Gasteiger partial charge < -0.3 is 19.7 Å². The van der Waals surface area contributed by atoms with Gasteiger partial charge in [-0.05, 0) is 44.0 Å². The number of hydrogen-bond acceptors (Lipinski definition) is 4. The zero-order chi connectivity index (χ0) is 20.6. The molecule has 0 bridgehead atoms. The summed E-state index contributed by atoms with van der Waals surface area (Å²) in [7, 11) is 1.66. The number of carbonyl (C=O) groups excluding carboxylic acids is 1. The Kier molecular flexibility index (Phi) is 7.95. The zero-order valence-corrected chi connectivity index (χ0v) is 18.8. The first-order valence-corrected chi connectivity index (χ1v) is 10.9. The van der Waals surface area contributed by atoms with Gasteiger partial charge >= 0.3 is 0 Å². The van der Waals surface area contributed by atoms with Crippen molar-refractivity contribution in [3.05, 3.63) is 57.6 Å². The fourth-order valence-corrected chi connectivity index (χ4v) is 4.02. The van der Waals surface area contributed by atoms with E-state index in [1.54, 1.807) is 7.11 Å². The van der Waals surface area contributed by atoms with Crippen LogP contribution in [0.25, 0.3) is 0 Å². The van der Waals surface area contributed by atoms with E-state index in [0.29, 0.717) is 19.6 Å². The maximum Gasteiger partial charge on any atom is 0.222 e. The van der Waals surface area contributed by atoms with Crippen LogP contribution >= 0.6 is 15.9 Å². The number of nitrogens with one attached hydrogen (secondary N) is 1. The van der Waals surface area contributed by atoms with Gasteiger partial charge in [0.25, 0.3) is 0 Å². The van der Waals surface area contributed by atoms with Crippen LogP contribution in [0.4, 0.5) is 0 Å². The Morgan fingerprint density at radius 2 is 2.10 bits per heavy atom. The Labute approximate surface area is 181 Å². The van der Waals surface area contributed by atoms with Crippen LogP contribution in [0.2, 0.25) is 0 Å². The van der Waals surface area contributed by atoms with Gasteiger partial charge in [-0.15, -0.1) is 0 Å². The molecule has 0 aromatic heterocycles. The molecule has 3 rings (SSSR count). The van der Waals surface area contributed by atoms with E-state index in [9.17, 15) is 4.79 Å². The second-order valence-electron chi connectivity index (χ2n) is 7.35. The number of rotatable bonds is 10. The number of methoxy groups -OCH3 is 1. The van der Waals surface area contributed by atoms with Crippen molar-refractivity contribution in [1.82, 2.24) is 10.2 Å². The predicted molar refractivity (Wildman–Crippen MR) is 118 cm³/mol. The van der Waals surface area contributed by atoms with Crippen LogP contribution in [0.3, 0.4) is 0 Å². The van der Waals surface area contributed by atoms with Crippen LogP contribution < -0.4 is 14.8 Å². The van der Waals surface area contributed by atoms with Gasteiger partial charge in [0.2, 0.25) is 5.91 Å². The second-order valence-corrected chi connectivity index (χ2v) is 8.20. The van der Waals surface area contributed by atoms with Crippen molar-refractivity contribution in [3.63, 3.8) is 0 Å². The zero-order valence-electron chi connectivity index (χ0n) is 17.2. The van der Waals surface area contributed by atoms with Crippen molar-refractivity contribution in [2.24, 2.45) is 0 Å². The van der Waals surface area contributed by atoms with Crippen LogP contribution in [0.15, 0.2) is 40.9 Å². The van der Waals surface area contributed by atoms with Gasteiger partial charge in [-0.2, -0.15) is 0 Å². The molecule has 156 valence electrons. The fraction of sp³-hybridized carbons (Fsp3) is 0.435. The maximum absolute atomic E-state index is 11.7. The predicted octanol–water partition coefficient (Wildman–Crippen LogP) is 4.45. The van der Waals surface area contributed by atoms with Crippen LogP contribution in [-0.4, -0.2) is 37.6 Å². The van der Waals surface area contributed by atoms with Crippen LogP contribution in [0.1, 0.15) is 36.0 Å². The Bertz CT molecular complexity index is 841. The van der Waals surface area contributed by atoms with Crippen LogP contribution in [-0.2, 0) is 17.9 Å². The Morgan fingerprint density at radius 1 is 1.24 bits per heavy atom. The standard InChI is InChI=1S/C23H29BrN2O3/c1-17-6-3-7-18(14-17)16-29-23-19(20(24)9-10-21(23)28-2)15-25-11-5-13-26-12-4-8-22(26)27/h3,6-7,9-10,14,25H,4-5,8,11-13,15-16H2,1-2H3. The van der Waals surface area contributed by atoms with Crippen molar-refractivity contribution in [1.29, 1.82) is 0 Å². The van der Waals surface area contributed by atoms with Crippen molar-refractivity contribution < 1.29 is 14.3 Å². The minimum absolute atomic E-state index is 0.285. The molecule has 1 N–H and O–H groups in total. The van der Waals surface area contributed by atoms with Crippen molar-refractivity contribution in [2.45, 2.75) is 39.3 Å². The molecule has 1 saturated heterocycles. The number of benzene rings is 2. The van der Waals surface area contributed by atoms with E-state index in [1.807, 2.05) is 23.1 Å². The van der Waals surface area contributed by atoms with Crippen LogP contribution in [0.5, 0.6) is 11.5 Å². The smallest absolute Gasteiger partial charge is 0.222 e. The topological polar surface area (TPSA) is 50.8 Å². The molecule has 0 spiro atoms. The van der Waals surface area contributed by atoms with Gasteiger partial charge in [-0.1, -0.05) is 45.8 Å². The van der Waals surface area contributed by atoms with E-state index in [0.717, 1.165) is 59.6 Å². The summed E-state index contributed by atoms with van der Waals surface area (Å²) in [5.41, 5.74) is 3.38. The molecule has 6 heteroatoms. The first-order chi connectivity index (χ1) is 14.1. The van der Waals surface area contributed by atoms with Crippen LogP contribution in [0, 0.1) is 6.92 Å². The molecule has 1 amide bonds. The van der Waals surface area contributed by atoms with E-state index in [1.165, 1.54) is 5.56 Å². The summed E-state index contributed by atoms with van der Waals surface area (Å²) in [6.07, 6.45) is 2.63. The number of ether oxygens (including phenoxy) is 2. The van der Waals surface area contributed by atoms with Gasteiger partial charge in [0.05, 0.1) is 7.11 Å². The summed E-state index contributed by atoms with van der Waals surface area (Å²) in [4.78, 5) is 13.7. The molecule has 2 aromatic carbocycles. The monoisotopic (exact) mass is 460 g/mol. The molecule has 0 radical (unpaired) electrons. The highest BCUT2D eigenvalue weighted by Gasteiger charge is 2.19. The van der Waals surface area contributed by atoms with E-state index >= 15 is 0 Å². The summed E-state index contributed by atoms with van der Waals surface area (Å²) < 4.78 is 12.7. The van der Waals surface area contributed by atoms with Gasteiger partial charge in [0, 0.05) is 36.1 Å². The maximum atomic E-state index is 11.7. The molecule has 1 heterocycles. The summed E-state index contributed by atoms with van der Waals surface area (Å²) in [6.45, 7) is 5.78. The average Bonchev–Trinajstić information content (AvgIpc) is 3.12. The molecule has 2 aromatic rings. The third-order valence-corrected chi connectivity index (χ3v) is 5.85. The summed E-state index contributed by atoms with van der Waals surface area (Å²) in [5, 5.41) is 3.48. The molecule has 0 saturated carbocycles. The summed E-state index contributed by atoms with van der Waals surface area (Å²) >= 11 is 3.65. The molecule has 0 aliphatic carbocycles. The highest BCUT2D eigenvalue weighted by molar-refractivity contribution is 9.10. The minimum atomic E-state index is 0.285. The van der Waals surface area contributed by atoms with E-state index in [-0.39, 0.29) is 5.91 Å². The highest BCUT2D eigenvalue weighted by atomic mass is 79.9. The first kappa shape index (κ1) is 21.7. The third kappa shape index (κ3) is 5.97. The minimum Gasteiger partial charge on any atom is -0.493 e. The second kappa shape index (κ2) is 10.6. The fourth-order valence-electron chi connectivity index (χ4n) is 3.57. The number of likely N-dealkylation sites (tertiary alicyclic amines) is 1. The molecule has 0 unspecified atom stereocenters. The van der Waals surface area contributed by atoms with Gasteiger partial charge in [0.15, 0.2) is 11.5 Å². The molecule has 5 nitrogen and oxygen atoms in total. The summed E-state index contributed by atoms with van der Waals surface area (Å²) in [6, 6.07) is 12.2. The number of carbonyl (C=O) groups is 1. The summed E-state index contributed by atoms with van der Waals surface area (Å²) in [5.74, 6) is 1.76. The number of hydrogen-bond donors (Lipinski definition) is 1. The van der Waals surface area contributed by atoms with Gasteiger partial charge in [-0.25, -0.2) is 0 Å². The Balaban J connectivity index is 1.60. The SMILES string of the molecule is COc1ccc(Br)c(CNCCCN2CCCC2=O)c1OCc1cccc(C)c1. The normalized spacial score (nSPS) is 13.8. The largest absolute Gasteiger partial charge is 0.493 e. The van der Waals surface area contributed by atoms with Crippen molar-refractivity contribution in [2.75, 3.05) is 26.7 Å². The molecule has 29 heavy (non-hydrogen) atoms. The Morgan fingerprint density at radius 3 is 2.83 bits per heavy atom. The highest BCUT2D eigenvalue weighted by Crippen LogP contribution is 2.36. The lowest BCUT2D eigenvalue weighted by Gasteiger charge is -2.18. The van der Waals surface area contributed by atoms with Gasteiger partial charge in [0.1, 0.15) is 6.61 Å². The van der Waals surface area contributed by atoms with E-state index in [2.05, 4.69) is 46.4 Å². The lowest BCUT2D eigenvalue weighted by molar-refractivity contribution is -0.127. The number of amides is 1. The third-order valence-electron chi connectivity index (χ3n) is 5.11. The Hall–Kier alpha value is -2.05.